The summed E-state index contributed by atoms with van der Waals surface area (Å²) in [5, 5.41) is 0. The summed E-state index contributed by atoms with van der Waals surface area (Å²) in [5.41, 5.74) is 0. The SMILES string of the molecule is CCCCCCCCCCOC(CCCCC=COCOCCCCC)OCCCCCCCCCC. The van der Waals surface area contributed by atoms with E-state index in [0.29, 0.717) is 6.79 Å². The summed E-state index contributed by atoms with van der Waals surface area (Å²) in [6, 6.07) is 0. The third-order valence-corrected chi connectivity index (χ3v) is 6.90. The van der Waals surface area contributed by atoms with E-state index in [9.17, 15) is 0 Å². The zero-order chi connectivity index (χ0) is 26.9. The standard InChI is InChI=1S/C33H66O4/c1-4-7-10-12-14-16-19-25-30-36-33(37-31-26-20-17-15-13-11-8-5-2)27-22-18-21-24-29-35-32-34-28-23-9-6-3/h24,29,33H,4-23,25-28,30-32H2,1-3H3. The molecule has 0 N–H and O–H groups in total. The molecule has 0 aliphatic carbocycles. The fraction of sp³-hybridized carbons (Fsp3) is 0.939. The average molecular weight is 527 g/mol. The van der Waals surface area contributed by atoms with Crippen LogP contribution in [0.3, 0.4) is 0 Å². The van der Waals surface area contributed by atoms with Crippen molar-refractivity contribution in [2.24, 2.45) is 0 Å². The molecule has 4 heteroatoms. The van der Waals surface area contributed by atoms with Crippen molar-refractivity contribution in [3.8, 4) is 0 Å². The maximum atomic E-state index is 6.18. The summed E-state index contributed by atoms with van der Waals surface area (Å²) in [4.78, 5) is 0. The Bertz CT molecular complexity index is 405. The topological polar surface area (TPSA) is 36.9 Å². The maximum Gasteiger partial charge on any atom is 0.188 e. The molecule has 0 heterocycles. The van der Waals surface area contributed by atoms with Crippen LogP contribution in [0.2, 0.25) is 0 Å². The molecule has 4 nitrogen and oxygen atoms in total. The Kier molecular flexibility index (Phi) is 32.9. The summed E-state index contributed by atoms with van der Waals surface area (Å²) < 4.78 is 23.2. The highest BCUT2D eigenvalue weighted by molar-refractivity contribution is 4.72. The fourth-order valence-electron chi connectivity index (χ4n) is 4.43. The van der Waals surface area contributed by atoms with Crippen molar-refractivity contribution in [2.45, 2.75) is 175 Å². The van der Waals surface area contributed by atoms with Crippen LogP contribution in [0.4, 0.5) is 0 Å². The molecule has 0 saturated heterocycles. The van der Waals surface area contributed by atoms with Gasteiger partial charge >= 0.3 is 0 Å². The number of rotatable bonds is 32. The Hall–Kier alpha value is -0.580. The predicted octanol–water partition coefficient (Wildman–Crippen LogP) is 10.9. The third kappa shape index (κ3) is 31.5. The summed E-state index contributed by atoms with van der Waals surface area (Å²) >= 11 is 0. The first-order valence-corrected chi connectivity index (χ1v) is 16.4. The predicted molar refractivity (Wildman–Crippen MR) is 160 cm³/mol. The van der Waals surface area contributed by atoms with E-state index in [1.165, 1.54) is 103 Å². The molecule has 0 rings (SSSR count). The molecule has 0 amide bonds. The van der Waals surface area contributed by atoms with Gasteiger partial charge in [0.25, 0.3) is 0 Å². The molecule has 0 radical (unpaired) electrons. The molecule has 0 spiro atoms. The highest BCUT2D eigenvalue weighted by Gasteiger charge is 2.09. The molecule has 37 heavy (non-hydrogen) atoms. The summed E-state index contributed by atoms with van der Waals surface area (Å²) in [7, 11) is 0. The van der Waals surface area contributed by atoms with Crippen molar-refractivity contribution in [3.63, 3.8) is 0 Å². The van der Waals surface area contributed by atoms with Gasteiger partial charge in [0.15, 0.2) is 13.1 Å². The minimum atomic E-state index is -0.0362. The van der Waals surface area contributed by atoms with Gasteiger partial charge in [-0.15, -0.1) is 0 Å². The summed E-state index contributed by atoms with van der Waals surface area (Å²) in [5.74, 6) is 0. The van der Waals surface area contributed by atoms with Gasteiger partial charge in [0.2, 0.25) is 0 Å². The molecule has 0 aliphatic rings. The lowest BCUT2D eigenvalue weighted by atomic mass is 10.1. The van der Waals surface area contributed by atoms with Crippen molar-refractivity contribution in [2.75, 3.05) is 26.6 Å². The molecule has 0 fully saturated rings. The van der Waals surface area contributed by atoms with E-state index >= 15 is 0 Å². The first-order valence-electron chi connectivity index (χ1n) is 16.4. The quantitative estimate of drug-likeness (QED) is 0.0496. The fourth-order valence-corrected chi connectivity index (χ4v) is 4.43. The number of hydrogen-bond acceptors (Lipinski definition) is 4. The minimum Gasteiger partial charge on any atom is -0.475 e. The number of unbranched alkanes of at least 4 members (excludes halogenated alkanes) is 18. The highest BCUT2D eigenvalue weighted by Crippen LogP contribution is 2.14. The molecule has 0 atom stereocenters. The Morgan fingerprint density at radius 2 is 0.946 bits per heavy atom. The molecule has 0 aromatic heterocycles. The lowest BCUT2D eigenvalue weighted by Crippen LogP contribution is -2.19. The Balaban J connectivity index is 3.92. The van der Waals surface area contributed by atoms with Gasteiger partial charge in [-0.2, -0.15) is 0 Å². The second-order valence-corrected chi connectivity index (χ2v) is 10.7. The van der Waals surface area contributed by atoms with E-state index in [1.807, 2.05) is 0 Å². The van der Waals surface area contributed by atoms with Crippen molar-refractivity contribution in [1.82, 2.24) is 0 Å². The van der Waals surface area contributed by atoms with Crippen molar-refractivity contribution < 1.29 is 18.9 Å². The van der Waals surface area contributed by atoms with Crippen LogP contribution in [0, 0.1) is 0 Å². The molecule has 0 unspecified atom stereocenters. The van der Waals surface area contributed by atoms with Gasteiger partial charge in [0, 0.05) is 13.2 Å². The molecular formula is C33H66O4. The maximum absolute atomic E-state index is 6.18. The van der Waals surface area contributed by atoms with E-state index in [2.05, 4.69) is 26.8 Å². The van der Waals surface area contributed by atoms with Crippen LogP contribution in [0.15, 0.2) is 12.3 Å². The van der Waals surface area contributed by atoms with Crippen LogP contribution < -0.4 is 0 Å². The van der Waals surface area contributed by atoms with E-state index in [1.54, 1.807) is 6.26 Å². The zero-order valence-electron chi connectivity index (χ0n) is 25.5. The monoisotopic (exact) mass is 526 g/mol. The largest absolute Gasteiger partial charge is 0.475 e. The number of ether oxygens (including phenoxy) is 4. The summed E-state index contributed by atoms with van der Waals surface area (Å²) in [6.45, 7) is 9.59. The van der Waals surface area contributed by atoms with E-state index < -0.39 is 0 Å². The van der Waals surface area contributed by atoms with Crippen LogP contribution in [0.5, 0.6) is 0 Å². The second kappa shape index (κ2) is 33.4. The lowest BCUT2D eigenvalue weighted by molar-refractivity contribution is -0.148. The number of hydrogen-bond donors (Lipinski definition) is 0. The first kappa shape index (κ1) is 36.4. The van der Waals surface area contributed by atoms with Crippen LogP contribution in [0.25, 0.3) is 0 Å². The van der Waals surface area contributed by atoms with E-state index in [0.717, 1.165) is 64.8 Å². The van der Waals surface area contributed by atoms with Gasteiger partial charge < -0.3 is 18.9 Å². The van der Waals surface area contributed by atoms with Crippen molar-refractivity contribution in [1.29, 1.82) is 0 Å². The van der Waals surface area contributed by atoms with E-state index in [-0.39, 0.29) is 6.29 Å². The van der Waals surface area contributed by atoms with Gasteiger partial charge in [-0.25, -0.2) is 0 Å². The highest BCUT2D eigenvalue weighted by atomic mass is 16.7. The van der Waals surface area contributed by atoms with Crippen molar-refractivity contribution in [3.05, 3.63) is 12.3 Å². The lowest BCUT2D eigenvalue weighted by Gasteiger charge is -2.19. The normalized spacial score (nSPS) is 11.8. The van der Waals surface area contributed by atoms with Gasteiger partial charge in [0.05, 0.1) is 12.9 Å². The van der Waals surface area contributed by atoms with E-state index in [4.69, 9.17) is 18.9 Å². The van der Waals surface area contributed by atoms with Gasteiger partial charge in [-0.3, -0.25) is 0 Å². The number of allylic oxidation sites excluding steroid dienone is 1. The van der Waals surface area contributed by atoms with Crippen LogP contribution >= 0.6 is 0 Å². The Labute approximate surface area is 232 Å². The molecule has 222 valence electrons. The Morgan fingerprint density at radius 1 is 0.486 bits per heavy atom. The minimum absolute atomic E-state index is 0.0362. The molecule has 0 aromatic rings. The molecule has 0 saturated carbocycles. The van der Waals surface area contributed by atoms with Gasteiger partial charge in [0.1, 0.15) is 0 Å². The molecular weight excluding hydrogens is 460 g/mol. The average Bonchev–Trinajstić information content (AvgIpc) is 2.91. The summed E-state index contributed by atoms with van der Waals surface area (Å²) in [6.07, 6.45) is 33.0. The molecule has 0 aromatic carbocycles. The van der Waals surface area contributed by atoms with Crippen LogP contribution in [-0.4, -0.2) is 32.9 Å². The van der Waals surface area contributed by atoms with Gasteiger partial charge in [-0.1, -0.05) is 124 Å². The molecule has 0 bridgehead atoms. The first-order chi connectivity index (χ1) is 18.3. The van der Waals surface area contributed by atoms with Gasteiger partial charge in [-0.05, 0) is 51.0 Å². The Morgan fingerprint density at radius 3 is 1.49 bits per heavy atom. The third-order valence-electron chi connectivity index (χ3n) is 6.90. The van der Waals surface area contributed by atoms with Crippen LogP contribution in [0.1, 0.15) is 168 Å². The van der Waals surface area contributed by atoms with Crippen LogP contribution in [-0.2, 0) is 18.9 Å². The van der Waals surface area contributed by atoms with Crippen molar-refractivity contribution >= 4 is 0 Å². The second-order valence-electron chi connectivity index (χ2n) is 10.7. The zero-order valence-corrected chi connectivity index (χ0v) is 25.5. The molecule has 0 aliphatic heterocycles. The smallest absolute Gasteiger partial charge is 0.188 e.